The molecule has 0 spiro atoms. The fourth-order valence-electron chi connectivity index (χ4n) is 3.87. The smallest absolute Gasteiger partial charge is 0.343 e. The van der Waals surface area contributed by atoms with E-state index in [9.17, 15) is 14.4 Å². The average molecular weight is 633 g/mol. The molecule has 3 aromatic rings. The average Bonchev–Trinajstić information content (AvgIpc) is 3.07. The summed E-state index contributed by atoms with van der Waals surface area (Å²) in [6, 6.07) is 18.1. The van der Waals surface area contributed by atoms with Crippen LogP contribution in [0.3, 0.4) is 0 Å². The van der Waals surface area contributed by atoms with E-state index in [-0.39, 0.29) is 6.79 Å². The van der Waals surface area contributed by atoms with Crippen molar-refractivity contribution in [2.45, 2.75) is 32.6 Å². The third kappa shape index (κ3) is 13.0. The van der Waals surface area contributed by atoms with Crippen LogP contribution in [0.25, 0.3) is 0 Å². The number of hydrogen-bond donors (Lipinski definition) is 0. The molecule has 0 saturated heterocycles. The zero-order valence-corrected chi connectivity index (χ0v) is 26.1. The standard InChI is InChI=1S/C36H40O10/c1-4-20-40-26-41-21-6-7-22-42-30-14-10-28(11-15-30)35(38)45-32-18-19-33(27(3)25-32)46-36(39)29-12-16-31(17-13-29)43-23-8-9-24-44-34(37)5-2/h4-5,10-19,25H,1-2,6-9,20-24,26H2,3H3. The monoisotopic (exact) mass is 632 g/mol. The zero-order chi connectivity index (χ0) is 33.0. The molecule has 0 aliphatic rings. The number of unbranched alkanes of at least 4 members (excludes halogenated alkanes) is 2. The van der Waals surface area contributed by atoms with Gasteiger partial charge in [-0.25, -0.2) is 14.4 Å². The van der Waals surface area contributed by atoms with Crippen molar-refractivity contribution in [3.63, 3.8) is 0 Å². The minimum atomic E-state index is -0.534. The van der Waals surface area contributed by atoms with Gasteiger partial charge in [-0.15, -0.1) is 6.58 Å². The molecule has 0 atom stereocenters. The second-order valence-electron chi connectivity index (χ2n) is 9.92. The number of esters is 3. The summed E-state index contributed by atoms with van der Waals surface area (Å²) in [6.07, 6.45) is 5.81. The molecule has 244 valence electrons. The van der Waals surface area contributed by atoms with Crippen LogP contribution in [0.5, 0.6) is 23.0 Å². The third-order valence-electron chi connectivity index (χ3n) is 6.31. The molecular formula is C36H40O10. The fourth-order valence-corrected chi connectivity index (χ4v) is 3.87. The van der Waals surface area contributed by atoms with Gasteiger partial charge in [0.25, 0.3) is 0 Å². The second kappa shape index (κ2) is 20.2. The maximum atomic E-state index is 12.7. The summed E-state index contributed by atoms with van der Waals surface area (Å²) >= 11 is 0. The first-order chi connectivity index (χ1) is 22.4. The molecule has 0 aliphatic heterocycles. The Labute approximate surface area is 269 Å². The summed E-state index contributed by atoms with van der Waals surface area (Å²) in [5, 5.41) is 0. The predicted octanol–water partition coefficient (Wildman–Crippen LogP) is 6.66. The van der Waals surface area contributed by atoms with E-state index >= 15 is 0 Å². The van der Waals surface area contributed by atoms with Gasteiger partial charge in [-0.1, -0.05) is 12.7 Å². The van der Waals surface area contributed by atoms with E-state index in [2.05, 4.69) is 13.2 Å². The van der Waals surface area contributed by atoms with Crippen LogP contribution in [0.2, 0.25) is 0 Å². The molecule has 10 heteroatoms. The van der Waals surface area contributed by atoms with Gasteiger partial charge in [0, 0.05) is 12.7 Å². The molecule has 0 amide bonds. The normalized spacial score (nSPS) is 10.5. The summed E-state index contributed by atoms with van der Waals surface area (Å²) in [5.41, 5.74) is 1.34. The Kier molecular flexibility index (Phi) is 15.6. The van der Waals surface area contributed by atoms with Crippen molar-refractivity contribution in [1.29, 1.82) is 0 Å². The van der Waals surface area contributed by atoms with Crippen molar-refractivity contribution in [3.05, 3.63) is 109 Å². The SMILES string of the molecule is C=CCOCOCCCCOc1ccc(C(=O)Oc2ccc(OC(=O)c3ccc(OCCCCOC(=O)C=C)cc3)c(C)c2)cc1. The Bertz CT molecular complexity index is 1410. The summed E-state index contributed by atoms with van der Waals surface area (Å²) < 4.78 is 37.9. The molecule has 3 rings (SSSR count). The molecule has 46 heavy (non-hydrogen) atoms. The van der Waals surface area contributed by atoms with Crippen molar-refractivity contribution in [2.24, 2.45) is 0 Å². The molecule has 0 bridgehead atoms. The lowest BCUT2D eigenvalue weighted by Crippen LogP contribution is -2.11. The van der Waals surface area contributed by atoms with Crippen LogP contribution in [0.1, 0.15) is 52.0 Å². The Morgan fingerprint density at radius 3 is 1.76 bits per heavy atom. The van der Waals surface area contributed by atoms with Crippen LogP contribution in [0.4, 0.5) is 0 Å². The molecule has 0 N–H and O–H groups in total. The molecule has 0 saturated carbocycles. The van der Waals surface area contributed by atoms with Crippen molar-refractivity contribution < 1.29 is 47.5 Å². The van der Waals surface area contributed by atoms with Crippen LogP contribution < -0.4 is 18.9 Å². The fraction of sp³-hybridized carbons (Fsp3) is 0.306. The van der Waals surface area contributed by atoms with Crippen LogP contribution in [-0.2, 0) is 19.0 Å². The molecule has 0 aliphatic carbocycles. The minimum Gasteiger partial charge on any atom is -0.494 e. The number of ether oxygens (including phenoxy) is 7. The highest BCUT2D eigenvalue weighted by Crippen LogP contribution is 2.26. The summed E-state index contributed by atoms with van der Waals surface area (Å²) in [4.78, 5) is 36.4. The first-order valence-electron chi connectivity index (χ1n) is 15.0. The first-order valence-corrected chi connectivity index (χ1v) is 15.0. The van der Waals surface area contributed by atoms with Crippen molar-refractivity contribution in [1.82, 2.24) is 0 Å². The molecule has 0 radical (unpaired) electrons. The molecule has 10 nitrogen and oxygen atoms in total. The number of benzene rings is 3. The highest BCUT2D eigenvalue weighted by molar-refractivity contribution is 5.92. The number of rotatable bonds is 21. The maximum absolute atomic E-state index is 12.7. The Morgan fingerprint density at radius 2 is 1.20 bits per heavy atom. The van der Waals surface area contributed by atoms with Gasteiger partial charge >= 0.3 is 17.9 Å². The van der Waals surface area contributed by atoms with Gasteiger partial charge in [-0.3, -0.25) is 0 Å². The number of aryl methyl sites for hydroxylation is 1. The Balaban J connectivity index is 1.39. The quantitative estimate of drug-likeness (QED) is 0.0315. The Morgan fingerprint density at radius 1 is 0.652 bits per heavy atom. The van der Waals surface area contributed by atoms with Gasteiger partial charge in [-0.05, 0) is 105 Å². The lowest BCUT2D eigenvalue weighted by molar-refractivity contribution is -0.137. The van der Waals surface area contributed by atoms with E-state index < -0.39 is 17.9 Å². The van der Waals surface area contributed by atoms with E-state index in [1.54, 1.807) is 79.7 Å². The van der Waals surface area contributed by atoms with Crippen LogP contribution in [0, 0.1) is 6.92 Å². The molecule has 3 aromatic carbocycles. The van der Waals surface area contributed by atoms with Crippen molar-refractivity contribution >= 4 is 17.9 Å². The lowest BCUT2D eigenvalue weighted by atomic mass is 10.2. The zero-order valence-electron chi connectivity index (χ0n) is 26.1. The van der Waals surface area contributed by atoms with E-state index in [4.69, 9.17) is 33.2 Å². The van der Waals surface area contributed by atoms with Crippen LogP contribution in [-0.4, -0.2) is 57.7 Å². The molecule has 0 unspecified atom stereocenters. The van der Waals surface area contributed by atoms with E-state index in [0.717, 1.165) is 18.9 Å². The molecular weight excluding hydrogens is 592 g/mol. The van der Waals surface area contributed by atoms with E-state index in [1.807, 2.05) is 0 Å². The van der Waals surface area contributed by atoms with Gasteiger partial charge in [0.15, 0.2) is 0 Å². The van der Waals surface area contributed by atoms with E-state index in [1.165, 1.54) is 0 Å². The number of carbonyl (C=O) groups is 3. The maximum Gasteiger partial charge on any atom is 0.343 e. The highest BCUT2D eigenvalue weighted by Gasteiger charge is 2.14. The molecule has 0 aromatic heterocycles. The summed E-state index contributed by atoms with van der Waals surface area (Å²) in [5.74, 6) is 0.414. The van der Waals surface area contributed by atoms with Gasteiger partial charge in [0.05, 0.1) is 37.6 Å². The third-order valence-corrected chi connectivity index (χ3v) is 6.31. The van der Waals surface area contributed by atoms with Gasteiger partial charge < -0.3 is 33.2 Å². The first kappa shape index (κ1) is 35.5. The predicted molar refractivity (Wildman–Crippen MR) is 172 cm³/mol. The Hall–Kier alpha value is -4.93. The van der Waals surface area contributed by atoms with Gasteiger partial charge in [0.2, 0.25) is 0 Å². The largest absolute Gasteiger partial charge is 0.494 e. The van der Waals surface area contributed by atoms with E-state index in [0.29, 0.717) is 85.6 Å². The summed E-state index contributed by atoms with van der Waals surface area (Å²) in [6.45, 7) is 11.2. The topological polar surface area (TPSA) is 116 Å². The minimum absolute atomic E-state index is 0.247. The van der Waals surface area contributed by atoms with Gasteiger partial charge in [0.1, 0.15) is 29.8 Å². The highest BCUT2D eigenvalue weighted by atomic mass is 16.7. The van der Waals surface area contributed by atoms with Crippen molar-refractivity contribution in [3.8, 4) is 23.0 Å². The number of carbonyl (C=O) groups excluding carboxylic acids is 3. The van der Waals surface area contributed by atoms with Gasteiger partial charge in [-0.2, -0.15) is 0 Å². The molecule has 0 heterocycles. The van der Waals surface area contributed by atoms with Crippen LogP contribution in [0.15, 0.2) is 92.0 Å². The van der Waals surface area contributed by atoms with Crippen molar-refractivity contribution in [2.75, 3.05) is 39.8 Å². The van der Waals surface area contributed by atoms with Crippen LogP contribution >= 0.6 is 0 Å². The molecule has 0 fully saturated rings. The summed E-state index contributed by atoms with van der Waals surface area (Å²) in [7, 11) is 0. The second-order valence-corrected chi connectivity index (χ2v) is 9.92. The lowest BCUT2D eigenvalue weighted by Gasteiger charge is -2.11. The number of hydrogen-bond acceptors (Lipinski definition) is 10.